The second-order valence-electron chi connectivity index (χ2n) is 13.5. The maximum absolute atomic E-state index is 17.2. The zero-order valence-corrected chi connectivity index (χ0v) is 29.2. The summed E-state index contributed by atoms with van der Waals surface area (Å²) in [6, 6.07) is 1.52. The first kappa shape index (κ1) is 35.8. The predicted molar refractivity (Wildman–Crippen MR) is 187 cm³/mol. The molecule has 16 heteroatoms. The van der Waals surface area contributed by atoms with Crippen molar-refractivity contribution in [3.05, 3.63) is 59.5 Å². The summed E-state index contributed by atoms with van der Waals surface area (Å²) in [6.45, 7) is 16.3. The van der Waals surface area contributed by atoms with Gasteiger partial charge in [-0.25, -0.2) is 18.0 Å². The van der Waals surface area contributed by atoms with E-state index in [4.69, 9.17) is 17.0 Å². The van der Waals surface area contributed by atoms with Gasteiger partial charge < -0.3 is 20.3 Å². The number of carbonyl (C=O) groups excluding carboxylic acids is 1. The van der Waals surface area contributed by atoms with E-state index in [2.05, 4.69) is 21.4 Å². The van der Waals surface area contributed by atoms with Gasteiger partial charge in [-0.05, 0) is 63.4 Å². The number of rotatable bonds is 8. The normalized spacial score (nSPS) is 23.4. The SMILES string of the molecule is [C-]#[N+]c1c(N)sc2c(F)ccc(-c3c(C(F)(F)F)cc4c(N(CC)[C@@H]5CCN(C(=O)C=C)[C@@H]5C)nc(OC[C@@]56CCCN5C[C@H](F)C6)nc4c3F)c12. The van der Waals surface area contributed by atoms with Crippen molar-refractivity contribution in [2.75, 3.05) is 43.4 Å². The topological polar surface area (TPSA) is 92.2 Å². The Morgan fingerprint density at radius 3 is 2.75 bits per heavy atom. The number of alkyl halides is 4. The highest BCUT2D eigenvalue weighted by atomic mass is 32.1. The summed E-state index contributed by atoms with van der Waals surface area (Å²) in [5.74, 6) is -2.54. The molecule has 4 atom stereocenters. The molecule has 3 aliphatic heterocycles. The van der Waals surface area contributed by atoms with Crippen LogP contribution in [0.3, 0.4) is 0 Å². The van der Waals surface area contributed by atoms with Gasteiger partial charge in [0, 0.05) is 48.4 Å². The van der Waals surface area contributed by atoms with Gasteiger partial charge >= 0.3 is 12.2 Å². The zero-order valence-electron chi connectivity index (χ0n) is 28.4. The molecule has 2 aromatic carbocycles. The largest absolute Gasteiger partial charge is 0.461 e. The van der Waals surface area contributed by atoms with Crippen LogP contribution in [0.15, 0.2) is 30.9 Å². The number of hydrogen-bond donors (Lipinski definition) is 1. The van der Waals surface area contributed by atoms with Crippen LogP contribution in [0.1, 0.15) is 45.1 Å². The molecule has 52 heavy (non-hydrogen) atoms. The number of ether oxygens (including phenoxy) is 1. The molecule has 0 bridgehead atoms. The second-order valence-corrected chi connectivity index (χ2v) is 14.6. The van der Waals surface area contributed by atoms with E-state index in [9.17, 15) is 13.6 Å². The van der Waals surface area contributed by atoms with E-state index >= 15 is 17.6 Å². The van der Waals surface area contributed by atoms with Crippen molar-refractivity contribution >= 4 is 54.7 Å². The van der Waals surface area contributed by atoms with Crippen molar-refractivity contribution < 1.29 is 35.9 Å². The van der Waals surface area contributed by atoms with Crippen LogP contribution >= 0.6 is 11.3 Å². The molecule has 3 saturated heterocycles. The fourth-order valence-corrected chi connectivity index (χ4v) is 9.35. The van der Waals surface area contributed by atoms with Gasteiger partial charge in [0.1, 0.15) is 29.9 Å². The van der Waals surface area contributed by atoms with Gasteiger partial charge in [0.2, 0.25) is 11.6 Å². The van der Waals surface area contributed by atoms with Crippen LogP contribution in [0, 0.1) is 18.2 Å². The van der Waals surface area contributed by atoms with Gasteiger partial charge in [-0.1, -0.05) is 12.6 Å². The van der Waals surface area contributed by atoms with E-state index in [0.717, 1.165) is 24.6 Å². The number of aromatic nitrogens is 2. The van der Waals surface area contributed by atoms with Gasteiger partial charge in [-0.15, -0.1) is 11.3 Å². The van der Waals surface area contributed by atoms with E-state index in [-0.39, 0.29) is 75.6 Å². The number of amides is 1. The van der Waals surface area contributed by atoms with Crippen LogP contribution < -0.4 is 15.4 Å². The Morgan fingerprint density at radius 1 is 1.29 bits per heavy atom. The van der Waals surface area contributed by atoms with Crippen molar-refractivity contribution in [3.63, 3.8) is 0 Å². The molecule has 9 nitrogen and oxygen atoms in total. The molecule has 274 valence electrons. The summed E-state index contributed by atoms with van der Waals surface area (Å²) in [4.78, 5) is 30.3. The molecule has 0 spiro atoms. The number of benzene rings is 2. The Kier molecular flexibility index (Phi) is 9.01. The number of carbonyl (C=O) groups is 1. The smallest absolute Gasteiger partial charge is 0.417 e. The van der Waals surface area contributed by atoms with Crippen LogP contribution in [-0.2, 0) is 11.0 Å². The fourth-order valence-electron chi connectivity index (χ4n) is 8.41. The van der Waals surface area contributed by atoms with E-state index in [1.807, 2.05) is 11.8 Å². The third kappa shape index (κ3) is 5.69. The maximum Gasteiger partial charge on any atom is 0.417 e. The molecular weight excluding hydrogens is 708 g/mol. The molecule has 0 unspecified atom stereocenters. The molecule has 2 N–H and O–H groups in total. The average Bonchev–Trinajstić information content (AvgIpc) is 3.85. The number of hydrogen-bond acceptors (Lipinski definition) is 8. The highest BCUT2D eigenvalue weighted by Gasteiger charge is 2.49. The van der Waals surface area contributed by atoms with Crippen LogP contribution in [0.25, 0.3) is 37.0 Å². The van der Waals surface area contributed by atoms with Crippen molar-refractivity contribution in [1.29, 1.82) is 0 Å². The van der Waals surface area contributed by atoms with E-state index < -0.39 is 58.2 Å². The number of likely N-dealkylation sites (N-methyl/N-ethyl adjacent to an activating group) is 1. The summed E-state index contributed by atoms with van der Waals surface area (Å²) in [5, 5.41) is -0.624. The number of nitrogens with two attached hydrogens (primary N) is 1. The first-order valence-corrected chi connectivity index (χ1v) is 17.8. The fraction of sp³-hybridized carbons (Fsp3) is 0.444. The standard InChI is InChI=1S/C36H35F6N7O2S/c1-5-25(50)49-13-10-24(18(49)3)48(6-2)33-21-14-22(36(40,41)42)26(20-8-9-23(38)31-27(20)30(44-4)32(43)52-31)28(39)29(21)45-34(46-33)51-17-35-11-7-12-47(35)16-19(37)15-35/h5,8-9,14,18-19,24H,1,6-7,10-13,15-17,43H2,2-3H3/t18-,19-,24-,35+/m1/s1. The molecule has 5 heterocycles. The molecular formula is C36H35F6N7O2S. The van der Waals surface area contributed by atoms with E-state index in [1.165, 1.54) is 6.08 Å². The lowest BCUT2D eigenvalue weighted by molar-refractivity contribution is -0.137. The highest BCUT2D eigenvalue weighted by molar-refractivity contribution is 7.23. The molecule has 3 fully saturated rings. The van der Waals surface area contributed by atoms with Crippen LogP contribution in [0.5, 0.6) is 6.01 Å². The Morgan fingerprint density at radius 2 is 2.06 bits per heavy atom. The summed E-state index contributed by atoms with van der Waals surface area (Å²) in [7, 11) is 0. The van der Waals surface area contributed by atoms with Crippen LogP contribution in [-0.4, -0.2) is 82.3 Å². The van der Waals surface area contributed by atoms with Gasteiger partial charge in [0.05, 0.1) is 33.4 Å². The quantitative estimate of drug-likeness (QED) is 0.112. The first-order valence-electron chi connectivity index (χ1n) is 16.9. The Balaban J connectivity index is 1.47. The Labute approximate surface area is 299 Å². The third-order valence-electron chi connectivity index (χ3n) is 10.8. The second kappa shape index (κ2) is 13.1. The van der Waals surface area contributed by atoms with Gasteiger partial charge in [-0.3, -0.25) is 9.69 Å². The third-order valence-corrected chi connectivity index (χ3v) is 11.8. The molecule has 0 saturated carbocycles. The summed E-state index contributed by atoms with van der Waals surface area (Å²) >= 11 is 0.685. The van der Waals surface area contributed by atoms with Gasteiger partial charge in [0.15, 0.2) is 5.82 Å². The van der Waals surface area contributed by atoms with Crippen LogP contribution in [0.2, 0.25) is 0 Å². The number of anilines is 2. The molecule has 0 aliphatic carbocycles. The van der Waals surface area contributed by atoms with Crippen molar-refractivity contribution in [1.82, 2.24) is 19.8 Å². The lowest BCUT2D eigenvalue weighted by atomic mass is 9.93. The van der Waals surface area contributed by atoms with E-state index in [0.29, 0.717) is 37.3 Å². The lowest BCUT2D eigenvalue weighted by Crippen LogP contribution is -2.45. The van der Waals surface area contributed by atoms with Gasteiger partial charge in [0.25, 0.3) is 0 Å². The molecule has 4 aromatic rings. The number of likely N-dealkylation sites (tertiary alicyclic amines) is 1. The maximum atomic E-state index is 17.2. The van der Waals surface area contributed by atoms with Gasteiger partial charge in [-0.2, -0.15) is 23.1 Å². The average molecular weight is 744 g/mol. The molecule has 0 radical (unpaired) electrons. The number of nitrogen functional groups attached to an aromatic ring is 1. The first-order chi connectivity index (χ1) is 24.7. The van der Waals surface area contributed by atoms with Crippen molar-refractivity contribution in [2.24, 2.45) is 0 Å². The number of nitrogens with zero attached hydrogens (tertiary/aromatic N) is 6. The minimum atomic E-state index is -5.13. The van der Waals surface area contributed by atoms with Crippen LogP contribution in [0.4, 0.5) is 42.8 Å². The Hall–Kier alpha value is -4.62. The molecule has 3 aliphatic rings. The minimum absolute atomic E-state index is 0.0256. The van der Waals surface area contributed by atoms with Crippen molar-refractivity contribution in [3.8, 4) is 17.1 Å². The monoisotopic (exact) mass is 743 g/mol. The number of halogens is 6. The predicted octanol–water partition coefficient (Wildman–Crippen LogP) is 7.90. The number of fused-ring (bicyclic) bond motifs is 3. The summed E-state index contributed by atoms with van der Waals surface area (Å²) in [5.41, 5.74) is 1.88. The molecule has 1 amide bonds. The van der Waals surface area contributed by atoms with Crippen molar-refractivity contribution in [2.45, 2.75) is 69.5 Å². The zero-order chi connectivity index (χ0) is 37.3. The minimum Gasteiger partial charge on any atom is -0.461 e. The summed E-state index contributed by atoms with van der Waals surface area (Å²) in [6.07, 6.45) is -2.85. The lowest BCUT2D eigenvalue weighted by Gasteiger charge is -2.34. The highest BCUT2D eigenvalue weighted by Crippen LogP contribution is 2.51. The summed E-state index contributed by atoms with van der Waals surface area (Å²) < 4.78 is 98.1. The Bertz CT molecular complexity index is 2150. The van der Waals surface area contributed by atoms with E-state index in [1.54, 1.807) is 16.7 Å². The molecule has 7 rings (SSSR count). The molecule has 2 aromatic heterocycles. The number of thiophene rings is 1.